The van der Waals surface area contributed by atoms with Crippen molar-refractivity contribution in [2.24, 2.45) is 0 Å². The highest BCUT2D eigenvalue weighted by Crippen LogP contribution is 2.32. The zero-order chi connectivity index (χ0) is 16.4. The second-order valence-electron chi connectivity index (χ2n) is 4.43. The van der Waals surface area contributed by atoms with E-state index >= 15 is 0 Å². The minimum absolute atomic E-state index is 0.109. The lowest BCUT2D eigenvalue weighted by atomic mass is 10.2. The van der Waals surface area contributed by atoms with E-state index in [-0.39, 0.29) is 20.6 Å². The average molecular weight is 385 g/mol. The maximum atomic E-state index is 12.4. The number of hydrogen-bond acceptors (Lipinski definition) is 4. The number of carbonyl (C=O) groups excluding carboxylic acids is 1. The van der Waals surface area contributed by atoms with E-state index in [0.717, 1.165) is 5.69 Å². The molecular weight excluding hydrogens is 377 g/mol. The Morgan fingerprint density at radius 2 is 1.83 bits per heavy atom. The van der Waals surface area contributed by atoms with E-state index in [1.165, 1.54) is 23.5 Å². The molecule has 0 spiro atoms. The van der Waals surface area contributed by atoms with Gasteiger partial charge in [0.05, 0.1) is 26.3 Å². The normalized spacial score (nSPS) is 10.6. The first kappa shape index (κ1) is 16.2. The van der Waals surface area contributed by atoms with Crippen molar-refractivity contribution in [1.82, 2.24) is 9.97 Å². The lowest BCUT2D eigenvalue weighted by Gasteiger charge is -2.07. The van der Waals surface area contributed by atoms with E-state index in [0.29, 0.717) is 10.8 Å². The highest BCUT2D eigenvalue weighted by Gasteiger charge is 2.18. The summed E-state index contributed by atoms with van der Waals surface area (Å²) in [6, 6.07) is 8.58. The molecule has 0 radical (unpaired) electrons. The van der Waals surface area contributed by atoms with Crippen LogP contribution in [0.3, 0.4) is 0 Å². The van der Waals surface area contributed by atoms with E-state index in [4.69, 9.17) is 34.8 Å². The molecule has 4 nitrogen and oxygen atoms in total. The molecule has 0 fully saturated rings. The van der Waals surface area contributed by atoms with Gasteiger partial charge < -0.3 is 0 Å². The third kappa shape index (κ3) is 3.48. The Balaban J connectivity index is 1.85. The van der Waals surface area contributed by atoms with Crippen LogP contribution in [0.25, 0.3) is 11.4 Å². The van der Waals surface area contributed by atoms with Gasteiger partial charge in [-0.1, -0.05) is 40.9 Å². The van der Waals surface area contributed by atoms with E-state index in [1.807, 2.05) is 18.2 Å². The van der Waals surface area contributed by atoms with Gasteiger partial charge in [0.1, 0.15) is 5.69 Å². The van der Waals surface area contributed by atoms with E-state index in [2.05, 4.69) is 15.3 Å². The number of anilines is 1. The fraction of sp³-hybridized carbons (Fsp3) is 0. The van der Waals surface area contributed by atoms with Crippen LogP contribution in [0.2, 0.25) is 15.1 Å². The van der Waals surface area contributed by atoms with Crippen LogP contribution in [0.4, 0.5) is 5.13 Å². The van der Waals surface area contributed by atoms with Gasteiger partial charge in [-0.25, -0.2) is 4.98 Å². The molecule has 0 unspecified atom stereocenters. The van der Waals surface area contributed by atoms with Crippen LogP contribution >= 0.6 is 46.1 Å². The predicted octanol–water partition coefficient (Wildman–Crippen LogP) is 5.42. The number of halogens is 3. The number of hydrogen-bond donors (Lipinski definition) is 1. The molecule has 1 aromatic carbocycles. The number of aromatic nitrogens is 2. The molecule has 2 aromatic heterocycles. The molecule has 8 heteroatoms. The smallest absolute Gasteiger partial charge is 0.260 e. The largest absolute Gasteiger partial charge is 0.298 e. The molecule has 1 N–H and O–H groups in total. The van der Waals surface area contributed by atoms with Crippen molar-refractivity contribution >= 4 is 57.2 Å². The highest BCUT2D eigenvalue weighted by atomic mass is 35.5. The molecule has 2 heterocycles. The standard InChI is InChI=1S/C15H8Cl3N3OS/c16-8-4-5-9(17)13(18)12(8)14(22)21-15-20-11(7-23-15)10-3-1-2-6-19-10/h1-7H,(H,20,21,22). The van der Waals surface area contributed by atoms with Crippen molar-refractivity contribution in [3.8, 4) is 11.4 Å². The van der Waals surface area contributed by atoms with Crippen LogP contribution in [0.1, 0.15) is 10.4 Å². The Morgan fingerprint density at radius 1 is 1.04 bits per heavy atom. The molecule has 116 valence electrons. The fourth-order valence-electron chi connectivity index (χ4n) is 1.86. The highest BCUT2D eigenvalue weighted by molar-refractivity contribution is 7.14. The van der Waals surface area contributed by atoms with Gasteiger partial charge in [-0.2, -0.15) is 0 Å². The fourth-order valence-corrected chi connectivity index (χ4v) is 3.26. The molecule has 0 saturated heterocycles. The second kappa shape index (κ2) is 6.84. The van der Waals surface area contributed by atoms with Crippen molar-refractivity contribution in [2.75, 3.05) is 5.32 Å². The summed E-state index contributed by atoms with van der Waals surface area (Å²) in [5.41, 5.74) is 1.52. The van der Waals surface area contributed by atoms with Gasteiger partial charge in [-0.15, -0.1) is 11.3 Å². The Bertz CT molecular complexity index is 868. The van der Waals surface area contributed by atoms with E-state index in [9.17, 15) is 4.79 Å². The SMILES string of the molecule is O=C(Nc1nc(-c2ccccn2)cs1)c1c(Cl)ccc(Cl)c1Cl. The second-order valence-corrected chi connectivity index (χ2v) is 6.48. The number of carbonyl (C=O) groups is 1. The predicted molar refractivity (Wildman–Crippen MR) is 94.8 cm³/mol. The first-order valence-electron chi connectivity index (χ1n) is 6.38. The molecular formula is C15H8Cl3N3OS. The molecule has 0 aliphatic heterocycles. The summed E-state index contributed by atoms with van der Waals surface area (Å²) in [5.74, 6) is -0.468. The molecule has 3 aromatic rings. The number of thiazole rings is 1. The summed E-state index contributed by atoms with van der Waals surface area (Å²) in [6.07, 6.45) is 1.68. The van der Waals surface area contributed by atoms with Gasteiger partial charge in [-0.05, 0) is 24.3 Å². The topological polar surface area (TPSA) is 54.9 Å². The molecule has 1 amide bonds. The quantitative estimate of drug-likeness (QED) is 0.614. The van der Waals surface area contributed by atoms with Crippen LogP contribution < -0.4 is 5.32 Å². The van der Waals surface area contributed by atoms with Gasteiger partial charge in [0.15, 0.2) is 5.13 Å². The number of nitrogens with one attached hydrogen (secondary N) is 1. The summed E-state index contributed by atoms with van der Waals surface area (Å²) in [4.78, 5) is 20.9. The summed E-state index contributed by atoms with van der Waals surface area (Å²) < 4.78 is 0. The van der Waals surface area contributed by atoms with Gasteiger partial charge in [-0.3, -0.25) is 15.1 Å². The molecule has 0 bridgehead atoms. The third-order valence-corrected chi connectivity index (χ3v) is 4.80. The maximum Gasteiger partial charge on any atom is 0.260 e. The third-order valence-electron chi connectivity index (χ3n) is 2.92. The molecule has 0 saturated carbocycles. The monoisotopic (exact) mass is 383 g/mol. The first-order chi connectivity index (χ1) is 11.1. The van der Waals surface area contributed by atoms with Crippen molar-refractivity contribution < 1.29 is 4.79 Å². The van der Waals surface area contributed by atoms with Crippen molar-refractivity contribution in [1.29, 1.82) is 0 Å². The number of rotatable bonds is 3. The van der Waals surface area contributed by atoms with Crippen molar-refractivity contribution in [2.45, 2.75) is 0 Å². The van der Waals surface area contributed by atoms with Crippen molar-refractivity contribution in [3.63, 3.8) is 0 Å². The Morgan fingerprint density at radius 3 is 2.57 bits per heavy atom. The summed E-state index contributed by atoms with van der Waals surface area (Å²) in [7, 11) is 0. The molecule has 0 aliphatic carbocycles. The number of amides is 1. The number of nitrogens with zero attached hydrogens (tertiary/aromatic N) is 2. The Hall–Kier alpha value is -1.66. The summed E-state index contributed by atoms with van der Waals surface area (Å²) in [6.45, 7) is 0. The van der Waals surface area contributed by atoms with E-state index < -0.39 is 5.91 Å². The average Bonchev–Trinajstić information content (AvgIpc) is 3.01. The first-order valence-corrected chi connectivity index (χ1v) is 8.39. The zero-order valence-electron chi connectivity index (χ0n) is 11.4. The van der Waals surface area contributed by atoms with Crippen LogP contribution in [0.15, 0.2) is 41.9 Å². The van der Waals surface area contributed by atoms with E-state index in [1.54, 1.807) is 11.6 Å². The van der Waals surface area contributed by atoms with Gasteiger partial charge >= 0.3 is 0 Å². The van der Waals surface area contributed by atoms with Crippen LogP contribution in [0, 0.1) is 0 Å². The van der Waals surface area contributed by atoms with Crippen LogP contribution in [-0.4, -0.2) is 15.9 Å². The summed E-state index contributed by atoms with van der Waals surface area (Å²) in [5, 5.41) is 5.48. The number of benzene rings is 1. The Kier molecular flexibility index (Phi) is 4.82. The number of pyridine rings is 1. The van der Waals surface area contributed by atoms with Crippen LogP contribution in [0.5, 0.6) is 0 Å². The molecule has 23 heavy (non-hydrogen) atoms. The molecule has 0 aliphatic rings. The minimum Gasteiger partial charge on any atom is -0.298 e. The van der Waals surface area contributed by atoms with Gasteiger partial charge in [0.25, 0.3) is 5.91 Å². The Labute approximate surface area is 151 Å². The lowest BCUT2D eigenvalue weighted by molar-refractivity contribution is 0.102. The lowest BCUT2D eigenvalue weighted by Crippen LogP contribution is -2.13. The van der Waals surface area contributed by atoms with Gasteiger partial charge in [0, 0.05) is 11.6 Å². The van der Waals surface area contributed by atoms with Crippen molar-refractivity contribution in [3.05, 3.63) is 62.5 Å². The maximum absolute atomic E-state index is 12.4. The van der Waals surface area contributed by atoms with Gasteiger partial charge in [0.2, 0.25) is 0 Å². The minimum atomic E-state index is -0.468. The summed E-state index contributed by atoms with van der Waals surface area (Å²) >= 11 is 19.3. The molecule has 3 rings (SSSR count). The zero-order valence-corrected chi connectivity index (χ0v) is 14.5. The molecule has 0 atom stereocenters. The van der Waals surface area contributed by atoms with Crippen LogP contribution in [-0.2, 0) is 0 Å².